The molecular formula is C10H5N2+. The molecule has 0 fully saturated rings. The maximum absolute atomic E-state index is 8.42. The minimum absolute atomic E-state index is 0.00111. The maximum atomic E-state index is 8.42. The van der Waals surface area contributed by atoms with E-state index in [-0.39, 0.29) is 5.57 Å². The average Bonchev–Trinajstić information content (AvgIpc) is 2.16. The van der Waals surface area contributed by atoms with Gasteiger partial charge in [-0.15, -0.1) is 10.5 Å². The summed E-state index contributed by atoms with van der Waals surface area (Å²) in [6.07, 6.45) is 2.67. The molecule has 0 unspecified atom stereocenters. The Morgan fingerprint density at radius 3 is 2.17 bits per heavy atom. The summed E-state index contributed by atoms with van der Waals surface area (Å²) in [5.41, 5.74) is 0.747. The summed E-state index contributed by atoms with van der Waals surface area (Å²) in [5, 5.41) is 16.8. The summed E-state index contributed by atoms with van der Waals surface area (Å²) in [6.45, 7) is 0. The highest BCUT2D eigenvalue weighted by Gasteiger charge is 2.02. The Morgan fingerprint density at radius 1 is 1.08 bits per heavy atom. The highest BCUT2D eigenvalue weighted by atomic mass is 14.3. The van der Waals surface area contributed by atoms with Crippen LogP contribution in [0.2, 0.25) is 0 Å². The number of benzene rings is 1. The molecule has 0 spiro atoms. The van der Waals surface area contributed by atoms with Crippen LogP contribution in [0.15, 0.2) is 35.9 Å². The smallest absolute Gasteiger partial charge is 0.134 e. The Kier molecular flexibility index (Phi) is 2.57. The third-order valence-electron chi connectivity index (χ3n) is 1.27. The molecule has 1 rings (SSSR count). The molecule has 2 heteroatoms. The van der Waals surface area contributed by atoms with Crippen LogP contribution in [0.4, 0.5) is 0 Å². The van der Waals surface area contributed by atoms with Gasteiger partial charge in [0.1, 0.15) is 5.56 Å². The van der Waals surface area contributed by atoms with Gasteiger partial charge in [0, 0.05) is 18.2 Å². The number of rotatable bonds is 1. The Bertz CT molecular complexity index is 347. The molecule has 0 heterocycles. The van der Waals surface area contributed by atoms with Crippen LogP contribution in [0, 0.1) is 28.7 Å². The van der Waals surface area contributed by atoms with Gasteiger partial charge in [0.15, 0.2) is 0 Å². The number of nitriles is 2. The summed E-state index contributed by atoms with van der Waals surface area (Å²) in [5.74, 6) is 0. The predicted molar refractivity (Wildman–Crippen MR) is 43.5 cm³/mol. The zero-order chi connectivity index (χ0) is 8.81. The molecule has 0 aliphatic carbocycles. The van der Waals surface area contributed by atoms with Gasteiger partial charge in [-0.25, -0.2) is 0 Å². The van der Waals surface area contributed by atoms with Crippen molar-refractivity contribution < 1.29 is 0 Å². The topological polar surface area (TPSA) is 47.6 Å². The molecule has 2 nitrogen and oxygen atoms in total. The highest BCUT2D eigenvalue weighted by Crippen LogP contribution is 2.01. The summed E-state index contributed by atoms with van der Waals surface area (Å²) in [7, 11) is 0. The highest BCUT2D eigenvalue weighted by molar-refractivity contribution is 5.38. The third-order valence-corrected chi connectivity index (χ3v) is 1.27. The van der Waals surface area contributed by atoms with Crippen LogP contribution in [-0.2, 0) is 0 Å². The van der Waals surface area contributed by atoms with Crippen LogP contribution in [0.5, 0.6) is 0 Å². The fourth-order valence-corrected chi connectivity index (χ4v) is 0.747. The van der Waals surface area contributed by atoms with Gasteiger partial charge in [-0.2, -0.15) is 0 Å². The lowest BCUT2D eigenvalue weighted by molar-refractivity contribution is 1.43. The molecule has 12 heavy (non-hydrogen) atoms. The quantitative estimate of drug-likeness (QED) is 0.456. The Morgan fingerprint density at radius 2 is 1.67 bits per heavy atom. The standard InChI is InChI=1S/C10H5N2/c11-7-10(8-12)6-9-4-2-1-3-5-9/h1-5H/q+1. The van der Waals surface area contributed by atoms with E-state index in [4.69, 9.17) is 10.5 Å². The van der Waals surface area contributed by atoms with Gasteiger partial charge in [0.25, 0.3) is 5.57 Å². The first-order valence-electron chi connectivity index (χ1n) is 3.36. The molecule has 0 saturated carbocycles. The molecule has 0 bridgehead atoms. The lowest BCUT2D eigenvalue weighted by Gasteiger charge is -1.79. The van der Waals surface area contributed by atoms with E-state index >= 15 is 0 Å². The van der Waals surface area contributed by atoms with Crippen LogP contribution in [0.3, 0.4) is 0 Å². The second-order valence-corrected chi connectivity index (χ2v) is 2.09. The van der Waals surface area contributed by atoms with Crippen molar-refractivity contribution in [3.63, 3.8) is 0 Å². The number of allylic oxidation sites excluding steroid dienone is 1. The van der Waals surface area contributed by atoms with Crippen molar-refractivity contribution in [3.05, 3.63) is 47.5 Å². The fourth-order valence-electron chi connectivity index (χ4n) is 0.747. The lowest BCUT2D eigenvalue weighted by Crippen LogP contribution is -1.76. The van der Waals surface area contributed by atoms with Crippen LogP contribution in [-0.4, -0.2) is 0 Å². The second kappa shape index (κ2) is 3.88. The van der Waals surface area contributed by atoms with Gasteiger partial charge in [0.05, 0.1) is 0 Å². The average molecular weight is 153 g/mol. The first kappa shape index (κ1) is 7.95. The van der Waals surface area contributed by atoms with Crippen molar-refractivity contribution in [2.45, 2.75) is 0 Å². The first-order chi connectivity index (χ1) is 5.86. The molecule has 0 aliphatic heterocycles. The minimum Gasteiger partial charge on any atom is -0.134 e. The number of nitrogens with zero attached hydrogens (tertiary/aromatic N) is 2. The Balaban J connectivity index is 2.98. The normalized spacial score (nSPS) is 7.50. The third kappa shape index (κ3) is 1.92. The van der Waals surface area contributed by atoms with Crippen LogP contribution in [0.25, 0.3) is 0 Å². The molecule has 0 saturated heterocycles. The summed E-state index contributed by atoms with van der Waals surface area (Å²) in [4.78, 5) is 0. The molecule has 54 valence electrons. The van der Waals surface area contributed by atoms with Gasteiger partial charge in [0.2, 0.25) is 12.1 Å². The van der Waals surface area contributed by atoms with E-state index in [1.165, 1.54) is 0 Å². The Labute approximate surface area is 71.0 Å². The summed E-state index contributed by atoms with van der Waals surface area (Å²) < 4.78 is 0. The van der Waals surface area contributed by atoms with Gasteiger partial charge < -0.3 is 0 Å². The van der Waals surface area contributed by atoms with E-state index in [1.54, 1.807) is 24.3 Å². The van der Waals surface area contributed by atoms with Crippen molar-refractivity contribution in [2.24, 2.45) is 0 Å². The second-order valence-electron chi connectivity index (χ2n) is 2.09. The molecule has 0 atom stereocenters. The van der Waals surface area contributed by atoms with Crippen molar-refractivity contribution in [1.29, 1.82) is 10.5 Å². The van der Waals surface area contributed by atoms with E-state index in [0.717, 1.165) is 5.56 Å². The van der Waals surface area contributed by atoms with Crippen LogP contribution in [0.1, 0.15) is 5.56 Å². The first-order valence-corrected chi connectivity index (χ1v) is 3.36. The fraction of sp³-hybridized carbons (Fsp3) is 0. The van der Waals surface area contributed by atoms with E-state index in [0.29, 0.717) is 0 Å². The minimum atomic E-state index is 0.00111. The monoisotopic (exact) mass is 153 g/mol. The Hall–Kier alpha value is -2.15. The van der Waals surface area contributed by atoms with E-state index < -0.39 is 0 Å². The van der Waals surface area contributed by atoms with E-state index in [1.807, 2.05) is 18.2 Å². The van der Waals surface area contributed by atoms with Crippen LogP contribution >= 0.6 is 0 Å². The molecule has 1 aromatic carbocycles. The van der Waals surface area contributed by atoms with E-state index in [2.05, 4.69) is 6.08 Å². The van der Waals surface area contributed by atoms with Gasteiger partial charge in [-0.3, -0.25) is 0 Å². The molecule has 0 N–H and O–H groups in total. The molecule has 0 aliphatic rings. The van der Waals surface area contributed by atoms with Crippen molar-refractivity contribution >= 4 is 0 Å². The van der Waals surface area contributed by atoms with Gasteiger partial charge in [-0.1, -0.05) is 0 Å². The van der Waals surface area contributed by atoms with Crippen molar-refractivity contribution in [2.75, 3.05) is 0 Å². The molecule has 0 radical (unpaired) electrons. The number of hydrogen-bond acceptors (Lipinski definition) is 2. The molecule has 0 aromatic heterocycles. The number of hydrogen-bond donors (Lipinski definition) is 0. The van der Waals surface area contributed by atoms with Crippen molar-refractivity contribution in [3.8, 4) is 12.1 Å². The molecule has 0 amide bonds. The van der Waals surface area contributed by atoms with Gasteiger partial charge in [-0.05, 0) is 18.2 Å². The zero-order valence-corrected chi connectivity index (χ0v) is 6.28. The summed E-state index contributed by atoms with van der Waals surface area (Å²) >= 11 is 0. The van der Waals surface area contributed by atoms with Crippen molar-refractivity contribution in [1.82, 2.24) is 0 Å². The predicted octanol–water partition coefficient (Wildman–Crippen LogP) is 1.81. The maximum Gasteiger partial charge on any atom is 0.292 e. The van der Waals surface area contributed by atoms with Gasteiger partial charge >= 0.3 is 0 Å². The van der Waals surface area contributed by atoms with Crippen LogP contribution < -0.4 is 0 Å². The lowest BCUT2D eigenvalue weighted by atomic mass is 10.1. The summed E-state index contributed by atoms with van der Waals surface area (Å²) in [6, 6.07) is 12.6. The molecular weight excluding hydrogens is 148 g/mol. The molecule has 1 aromatic rings. The van der Waals surface area contributed by atoms with E-state index in [9.17, 15) is 0 Å². The zero-order valence-electron chi connectivity index (χ0n) is 6.28. The SMILES string of the molecule is N#CC(C#N)=[C+]c1ccccc1. The largest absolute Gasteiger partial charge is 0.292 e.